The van der Waals surface area contributed by atoms with Crippen molar-refractivity contribution in [2.75, 3.05) is 5.32 Å². The van der Waals surface area contributed by atoms with Crippen LogP contribution in [0, 0.1) is 12.3 Å². The third kappa shape index (κ3) is 3.38. The van der Waals surface area contributed by atoms with E-state index in [0.717, 1.165) is 5.56 Å². The van der Waals surface area contributed by atoms with Gasteiger partial charge in [0.15, 0.2) is 11.1 Å². The Kier molecular flexibility index (Phi) is 3.88. The second-order valence-electron chi connectivity index (χ2n) is 2.93. The molecular formula is C9H11ClN4S. The van der Waals surface area contributed by atoms with Crippen molar-refractivity contribution in [3.63, 3.8) is 0 Å². The number of nitrogens with one attached hydrogen (secondary N) is 3. The first-order valence-corrected chi connectivity index (χ1v) is 4.96. The first kappa shape index (κ1) is 11.7. The molecule has 5 N–H and O–H groups in total. The summed E-state index contributed by atoms with van der Waals surface area (Å²) in [6, 6.07) is 5.55. The fraction of sp³-hybridized carbons (Fsp3) is 0.111. The Hall–Kier alpha value is -1.33. The molecule has 4 nitrogen and oxygen atoms in total. The molecule has 6 heteroatoms. The molecule has 0 aliphatic heterocycles. The molecule has 0 fully saturated rings. The van der Waals surface area contributed by atoms with Crippen LogP contribution in [0.4, 0.5) is 5.69 Å². The van der Waals surface area contributed by atoms with Crippen LogP contribution in [0.3, 0.4) is 0 Å². The SMILES string of the molecule is Cc1cccc(NC(=S)NC(=N)N)c1Cl. The maximum absolute atomic E-state index is 6.99. The van der Waals surface area contributed by atoms with E-state index in [1.165, 1.54) is 0 Å². The summed E-state index contributed by atoms with van der Waals surface area (Å²) in [7, 11) is 0. The van der Waals surface area contributed by atoms with Gasteiger partial charge in [-0.2, -0.15) is 0 Å². The number of anilines is 1. The Balaban J connectivity index is 2.77. The molecule has 1 aromatic rings. The van der Waals surface area contributed by atoms with Gasteiger partial charge in [-0.3, -0.25) is 5.41 Å². The first-order valence-electron chi connectivity index (χ1n) is 4.18. The zero-order chi connectivity index (χ0) is 11.4. The standard InChI is InChI=1S/C9H11ClN4S/c1-5-3-2-4-6(7(5)10)13-9(15)14-8(11)12/h2-4H,1H3,(H5,11,12,13,14,15). The average molecular weight is 243 g/mol. The third-order valence-corrected chi connectivity index (χ3v) is 2.39. The van der Waals surface area contributed by atoms with Gasteiger partial charge in [0.2, 0.25) is 0 Å². The number of nitrogens with two attached hydrogens (primary N) is 1. The number of hydrogen-bond acceptors (Lipinski definition) is 2. The second-order valence-corrected chi connectivity index (χ2v) is 3.72. The molecule has 0 spiro atoms. The van der Waals surface area contributed by atoms with Crippen LogP contribution in [0.1, 0.15) is 5.56 Å². The summed E-state index contributed by atoms with van der Waals surface area (Å²) >= 11 is 11.0. The predicted molar refractivity (Wildman–Crippen MR) is 67.5 cm³/mol. The van der Waals surface area contributed by atoms with Gasteiger partial charge in [0.05, 0.1) is 10.7 Å². The molecule has 80 valence electrons. The summed E-state index contributed by atoms with van der Waals surface area (Å²) in [6.07, 6.45) is 0. The molecule has 15 heavy (non-hydrogen) atoms. The lowest BCUT2D eigenvalue weighted by Gasteiger charge is -2.11. The Morgan fingerprint density at radius 1 is 1.53 bits per heavy atom. The Labute approximate surface area is 98.3 Å². The van der Waals surface area contributed by atoms with Crippen LogP contribution in [-0.4, -0.2) is 11.1 Å². The molecule has 0 saturated heterocycles. The number of guanidine groups is 1. The normalized spacial score (nSPS) is 9.47. The molecule has 1 rings (SSSR count). The molecule has 0 amide bonds. The minimum Gasteiger partial charge on any atom is -0.370 e. The van der Waals surface area contributed by atoms with Crippen molar-refractivity contribution in [1.29, 1.82) is 5.41 Å². The summed E-state index contributed by atoms with van der Waals surface area (Å²) in [5.41, 5.74) is 6.77. The van der Waals surface area contributed by atoms with Gasteiger partial charge in [0.1, 0.15) is 0 Å². The van der Waals surface area contributed by atoms with E-state index >= 15 is 0 Å². The molecule has 0 atom stereocenters. The van der Waals surface area contributed by atoms with Crippen molar-refractivity contribution in [2.24, 2.45) is 5.73 Å². The first-order chi connectivity index (χ1) is 7.00. The highest BCUT2D eigenvalue weighted by atomic mass is 35.5. The summed E-state index contributed by atoms with van der Waals surface area (Å²) in [4.78, 5) is 0. The van der Waals surface area contributed by atoms with E-state index in [4.69, 9.17) is 35.0 Å². The highest BCUT2D eigenvalue weighted by Crippen LogP contribution is 2.24. The Morgan fingerprint density at radius 3 is 2.80 bits per heavy atom. The van der Waals surface area contributed by atoms with Crippen LogP contribution in [0.2, 0.25) is 5.02 Å². The summed E-state index contributed by atoms with van der Waals surface area (Å²) in [6.45, 7) is 1.90. The number of hydrogen-bond donors (Lipinski definition) is 4. The molecule has 0 radical (unpaired) electrons. The van der Waals surface area contributed by atoms with E-state index in [1.807, 2.05) is 19.1 Å². The van der Waals surface area contributed by atoms with E-state index in [9.17, 15) is 0 Å². The van der Waals surface area contributed by atoms with Crippen molar-refractivity contribution in [2.45, 2.75) is 6.92 Å². The van der Waals surface area contributed by atoms with E-state index in [0.29, 0.717) is 10.7 Å². The zero-order valence-electron chi connectivity index (χ0n) is 8.10. The lowest BCUT2D eigenvalue weighted by Crippen LogP contribution is -2.38. The quantitative estimate of drug-likeness (QED) is 0.344. The topological polar surface area (TPSA) is 73.9 Å². The van der Waals surface area contributed by atoms with Gasteiger partial charge in [-0.15, -0.1) is 0 Å². The van der Waals surface area contributed by atoms with Gasteiger partial charge in [-0.25, -0.2) is 0 Å². The Bertz CT molecular complexity index is 405. The van der Waals surface area contributed by atoms with Gasteiger partial charge >= 0.3 is 0 Å². The van der Waals surface area contributed by atoms with Gasteiger partial charge in [0, 0.05) is 0 Å². The molecule has 0 unspecified atom stereocenters. The molecule has 0 aliphatic rings. The minimum absolute atomic E-state index is 0.212. The summed E-state index contributed by atoms with van der Waals surface area (Å²) < 4.78 is 0. The molecule has 0 saturated carbocycles. The maximum atomic E-state index is 6.99. The molecule has 0 heterocycles. The number of benzene rings is 1. The van der Waals surface area contributed by atoms with Crippen LogP contribution < -0.4 is 16.4 Å². The summed E-state index contributed by atoms with van der Waals surface area (Å²) in [5, 5.41) is 13.2. The molecule has 1 aromatic carbocycles. The largest absolute Gasteiger partial charge is 0.370 e. The van der Waals surface area contributed by atoms with Crippen LogP contribution in [0.5, 0.6) is 0 Å². The van der Waals surface area contributed by atoms with Gasteiger partial charge in [-0.05, 0) is 30.8 Å². The second kappa shape index (κ2) is 4.95. The maximum Gasteiger partial charge on any atom is 0.192 e. The van der Waals surface area contributed by atoms with Crippen LogP contribution in [0.15, 0.2) is 18.2 Å². The molecular weight excluding hydrogens is 232 g/mol. The smallest absolute Gasteiger partial charge is 0.192 e. The fourth-order valence-corrected chi connectivity index (χ4v) is 1.41. The lowest BCUT2D eigenvalue weighted by atomic mass is 10.2. The van der Waals surface area contributed by atoms with E-state index in [-0.39, 0.29) is 11.1 Å². The molecule has 0 bridgehead atoms. The summed E-state index contributed by atoms with van der Waals surface area (Å²) in [5.74, 6) is -0.212. The number of halogens is 1. The van der Waals surface area contributed by atoms with Crippen molar-refractivity contribution >= 4 is 40.6 Å². The van der Waals surface area contributed by atoms with Crippen molar-refractivity contribution < 1.29 is 0 Å². The number of thiocarbonyl (C=S) groups is 1. The van der Waals surface area contributed by atoms with E-state index < -0.39 is 0 Å². The molecule has 0 aliphatic carbocycles. The van der Waals surface area contributed by atoms with Gasteiger partial charge in [-0.1, -0.05) is 23.7 Å². The van der Waals surface area contributed by atoms with Crippen molar-refractivity contribution in [3.8, 4) is 0 Å². The minimum atomic E-state index is -0.212. The lowest BCUT2D eigenvalue weighted by molar-refractivity contribution is 1.26. The van der Waals surface area contributed by atoms with E-state index in [1.54, 1.807) is 6.07 Å². The van der Waals surface area contributed by atoms with Crippen molar-refractivity contribution in [1.82, 2.24) is 5.32 Å². The number of aryl methyl sites for hydroxylation is 1. The number of rotatable bonds is 1. The molecule has 0 aromatic heterocycles. The Morgan fingerprint density at radius 2 is 2.20 bits per heavy atom. The highest BCUT2D eigenvalue weighted by molar-refractivity contribution is 7.80. The van der Waals surface area contributed by atoms with Crippen molar-refractivity contribution in [3.05, 3.63) is 28.8 Å². The predicted octanol–water partition coefficient (Wildman–Crippen LogP) is 1.83. The van der Waals surface area contributed by atoms with Crippen LogP contribution >= 0.6 is 23.8 Å². The zero-order valence-corrected chi connectivity index (χ0v) is 9.67. The highest BCUT2D eigenvalue weighted by Gasteiger charge is 2.04. The van der Waals surface area contributed by atoms with Crippen LogP contribution in [-0.2, 0) is 0 Å². The van der Waals surface area contributed by atoms with Crippen LogP contribution in [0.25, 0.3) is 0 Å². The van der Waals surface area contributed by atoms with E-state index in [2.05, 4.69) is 10.6 Å². The van der Waals surface area contributed by atoms with Gasteiger partial charge in [0.25, 0.3) is 0 Å². The average Bonchev–Trinajstić information content (AvgIpc) is 2.11. The third-order valence-electron chi connectivity index (χ3n) is 1.69. The fourth-order valence-electron chi connectivity index (χ4n) is 1.02. The van der Waals surface area contributed by atoms with Gasteiger partial charge < -0.3 is 16.4 Å². The monoisotopic (exact) mass is 242 g/mol.